The Kier molecular flexibility index (Phi) is 2.72. The average molecular weight is 215 g/mol. The third kappa shape index (κ3) is 1.82. The third-order valence-corrected chi connectivity index (χ3v) is 2.56. The minimum atomic E-state index is -0.391. The Labute approximate surface area is 93.7 Å². The minimum absolute atomic E-state index is 0.366. The van der Waals surface area contributed by atoms with Crippen molar-refractivity contribution in [1.82, 2.24) is 9.55 Å². The highest BCUT2D eigenvalue weighted by molar-refractivity contribution is 5.79. The van der Waals surface area contributed by atoms with Crippen molar-refractivity contribution in [1.29, 1.82) is 0 Å². The Morgan fingerprint density at radius 2 is 2.06 bits per heavy atom. The quantitative estimate of drug-likeness (QED) is 0.845. The van der Waals surface area contributed by atoms with Crippen LogP contribution in [0.1, 0.15) is 13.0 Å². The van der Waals surface area contributed by atoms with Crippen molar-refractivity contribution in [2.24, 2.45) is 5.73 Å². The molecule has 2 aromatic rings. The lowest BCUT2D eigenvalue weighted by atomic mass is 10.1. The van der Waals surface area contributed by atoms with E-state index in [-0.39, 0.29) is 5.91 Å². The molecule has 0 bridgehead atoms. The van der Waals surface area contributed by atoms with Crippen molar-refractivity contribution >= 4 is 5.91 Å². The van der Waals surface area contributed by atoms with E-state index in [0.29, 0.717) is 0 Å². The largest absolute Gasteiger partial charge is 0.368 e. The van der Waals surface area contributed by atoms with E-state index < -0.39 is 6.04 Å². The number of hydrogen-bond donors (Lipinski definition) is 1. The van der Waals surface area contributed by atoms with Crippen molar-refractivity contribution < 1.29 is 4.79 Å². The van der Waals surface area contributed by atoms with Gasteiger partial charge in [0, 0.05) is 0 Å². The van der Waals surface area contributed by atoms with Gasteiger partial charge in [-0.25, -0.2) is 4.98 Å². The van der Waals surface area contributed by atoms with E-state index in [1.807, 2.05) is 30.3 Å². The van der Waals surface area contributed by atoms with Gasteiger partial charge in [0.25, 0.3) is 0 Å². The molecule has 1 unspecified atom stereocenters. The van der Waals surface area contributed by atoms with Crippen molar-refractivity contribution in [2.75, 3.05) is 0 Å². The number of amides is 1. The summed E-state index contributed by atoms with van der Waals surface area (Å²) in [5.41, 5.74) is 7.20. The molecule has 0 aliphatic rings. The molecule has 1 aromatic carbocycles. The highest BCUT2D eigenvalue weighted by atomic mass is 16.1. The summed E-state index contributed by atoms with van der Waals surface area (Å²) in [4.78, 5) is 15.2. The maximum absolute atomic E-state index is 11.2. The first kappa shape index (κ1) is 10.4. The molecule has 0 radical (unpaired) electrons. The van der Waals surface area contributed by atoms with Crippen molar-refractivity contribution in [3.8, 4) is 11.3 Å². The van der Waals surface area contributed by atoms with Gasteiger partial charge < -0.3 is 10.3 Å². The van der Waals surface area contributed by atoms with Gasteiger partial charge in [-0.2, -0.15) is 0 Å². The summed E-state index contributed by atoms with van der Waals surface area (Å²) in [7, 11) is 0. The van der Waals surface area contributed by atoms with E-state index in [2.05, 4.69) is 4.98 Å². The molecule has 82 valence electrons. The fourth-order valence-corrected chi connectivity index (χ4v) is 1.58. The number of aromatic nitrogens is 2. The summed E-state index contributed by atoms with van der Waals surface area (Å²) in [5, 5.41) is 0. The standard InChI is InChI=1S/C12H13N3O/c1-9(12(13)16)15-8-14-7-11(15)10-5-3-2-4-6-10/h2-9H,1H3,(H2,13,16). The number of primary amides is 1. The van der Waals surface area contributed by atoms with Crippen LogP contribution in [0, 0.1) is 0 Å². The highest BCUT2D eigenvalue weighted by Crippen LogP contribution is 2.21. The van der Waals surface area contributed by atoms with Crippen LogP contribution in [0.5, 0.6) is 0 Å². The SMILES string of the molecule is CC(C(N)=O)n1cncc1-c1ccccc1. The lowest BCUT2D eigenvalue weighted by Crippen LogP contribution is -2.23. The van der Waals surface area contributed by atoms with Crippen LogP contribution < -0.4 is 5.73 Å². The maximum Gasteiger partial charge on any atom is 0.240 e. The van der Waals surface area contributed by atoms with Gasteiger partial charge in [-0.1, -0.05) is 30.3 Å². The van der Waals surface area contributed by atoms with Gasteiger partial charge in [-0.05, 0) is 12.5 Å². The molecule has 0 aliphatic heterocycles. The van der Waals surface area contributed by atoms with Gasteiger partial charge in [-0.15, -0.1) is 0 Å². The van der Waals surface area contributed by atoms with Gasteiger partial charge in [0.15, 0.2) is 0 Å². The lowest BCUT2D eigenvalue weighted by Gasteiger charge is -2.12. The Balaban J connectivity index is 2.44. The summed E-state index contributed by atoms with van der Waals surface area (Å²) >= 11 is 0. The number of carbonyl (C=O) groups excluding carboxylic acids is 1. The number of nitrogens with two attached hydrogens (primary N) is 1. The normalized spacial score (nSPS) is 12.3. The Bertz CT molecular complexity index is 490. The molecule has 1 atom stereocenters. The fourth-order valence-electron chi connectivity index (χ4n) is 1.58. The monoisotopic (exact) mass is 215 g/mol. The van der Waals surface area contributed by atoms with E-state index in [1.165, 1.54) is 0 Å². The first-order chi connectivity index (χ1) is 7.70. The minimum Gasteiger partial charge on any atom is -0.368 e. The van der Waals surface area contributed by atoms with Gasteiger partial charge in [0.1, 0.15) is 6.04 Å². The number of nitrogens with zero attached hydrogens (tertiary/aromatic N) is 2. The van der Waals surface area contributed by atoms with Gasteiger partial charge in [-0.3, -0.25) is 4.79 Å². The van der Waals surface area contributed by atoms with E-state index in [0.717, 1.165) is 11.3 Å². The molecule has 2 N–H and O–H groups in total. The second-order valence-electron chi connectivity index (χ2n) is 3.63. The van der Waals surface area contributed by atoms with Crippen molar-refractivity contribution in [3.05, 3.63) is 42.9 Å². The molecule has 4 heteroatoms. The molecule has 0 aliphatic carbocycles. The highest BCUT2D eigenvalue weighted by Gasteiger charge is 2.14. The molecule has 0 saturated heterocycles. The zero-order chi connectivity index (χ0) is 11.5. The second kappa shape index (κ2) is 4.18. The van der Waals surface area contributed by atoms with Crippen LogP contribution in [0.2, 0.25) is 0 Å². The van der Waals surface area contributed by atoms with Crippen LogP contribution in [-0.4, -0.2) is 15.5 Å². The summed E-state index contributed by atoms with van der Waals surface area (Å²) < 4.78 is 1.78. The molecule has 1 aromatic heterocycles. The number of imidazole rings is 1. The average Bonchev–Trinajstić information content (AvgIpc) is 2.77. The Morgan fingerprint density at radius 3 is 2.69 bits per heavy atom. The van der Waals surface area contributed by atoms with Crippen LogP contribution in [0.15, 0.2) is 42.9 Å². The molecule has 16 heavy (non-hydrogen) atoms. The molecule has 2 rings (SSSR count). The second-order valence-corrected chi connectivity index (χ2v) is 3.63. The molecule has 0 fully saturated rings. The summed E-state index contributed by atoms with van der Waals surface area (Å²) in [6, 6.07) is 9.39. The molecular formula is C12H13N3O. The van der Waals surface area contributed by atoms with Crippen molar-refractivity contribution in [2.45, 2.75) is 13.0 Å². The summed E-state index contributed by atoms with van der Waals surface area (Å²) in [5.74, 6) is -0.366. The topological polar surface area (TPSA) is 60.9 Å². The number of rotatable bonds is 3. The number of carbonyl (C=O) groups is 1. The molecule has 4 nitrogen and oxygen atoms in total. The zero-order valence-electron chi connectivity index (χ0n) is 9.00. The van der Waals surface area contributed by atoms with Crippen LogP contribution in [0.4, 0.5) is 0 Å². The number of hydrogen-bond acceptors (Lipinski definition) is 2. The van der Waals surface area contributed by atoms with Gasteiger partial charge >= 0.3 is 0 Å². The molecule has 1 heterocycles. The van der Waals surface area contributed by atoms with E-state index in [1.54, 1.807) is 24.0 Å². The van der Waals surface area contributed by atoms with Gasteiger partial charge in [0.2, 0.25) is 5.91 Å². The molecule has 0 spiro atoms. The fraction of sp³-hybridized carbons (Fsp3) is 0.167. The molecule has 0 saturated carbocycles. The zero-order valence-corrected chi connectivity index (χ0v) is 9.00. The van der Waals surface area contributed by atoms with Crippen molar-refractivity contribution in [3.63, 3.8) is 0 Å². The predicted octanol–water partition coefficient (Wildman–Crippen LogP) is 1.60. The van der Waals surface area contributed by atoms with E-state index >= 15 is 0 Å². The third-order valence-electron chi connectivity index (χ3n) is 2.56. The van der Waals surface area contributed by atoms with Crippen LogP contribution in [0.3, 0.4) is 0 Å². The maximum atomic E-state index is 11.2. The number of benzene rings is 1. The van der Waals surface area contributed by atoms with Crippen LogP contribution in [-0.2, 0) is 4.79 Å². The summed E-state index contributed by atoms with van der Waals surface area (Å²) in [6.45, 7) is 1.76. The predicted molar refractivity (Wildman–Crippen MR) is 61.6 cm³/mol. The van der Waals surface area contributed by atoms with Crippen LogP contribution in [0.25, 0.3) is 11.3 Å². The van der Waals surface area contributed by atoms with Crippen LogP contribution >= 0.6 is 0 Å². The smallest absolute Gasteiger partial charge is 0.240 e. The first-order valence-electron chi connectivity index (χ1n) is 5.06. The summed E-state index contributed by atoms with van der Waals surface area (Å²) in [6.07, 6.45) is 3.35. The molecular weight excluding hydrogens is 202 g/mol. The Hall–Kier alpha value is -2.10. The van der Waals surface area contributed by atoms with E-state index in [4.69, 9.17) is 5.73 Å². The molecule has 1 amide bonds. The lowest BCUT2D eigenvalue weighted by molar-refractivity contribution is -0.120. The Morgan fingerprint density at radius 1 is 1.38 bits per heavy atom. The van der Waals surface area contributed by atoms with Gasteiger partial charge in [0.05, 0.1) is 18.2 Å². The van der Waals surface area contributed by atoms with E-state index in [9.17, 15) is 4.79 Å². The first-order valence-corrected chi connectivity index (χ1v) is 5.06.